The Kier molecular flexibility index (Phi) is 1.41. The SMILES string of the molecule is CCOC1=NC2C3OC4C5C3C2C5C14C(=O)OC. The molecule has 5 rings (SSSR count). The highest BCUT2D eigenvalue weighted by atomic mass is 16.6. The number of methoxy groups -OCH3 is 1. The summed E-state index contributed by atoms with van der Waals surface area (Å²) in [5.41, 5.74) is -0.710. The molecule has 8 atom stereocenters. The molecule has 3 aliphatic carbocycles. The number of carbonyl (C=O) groups is 1. The van der Waals surface area contributed by atoms with E-state index in [1.807, 2.05) is 6.92 Å². The van der Waals surface area contributed by atoms with Crippen LogP contribution in [0.2, 0.25) is 0 Å². The second kappa shape index (κ2) is 2.59. The summed E-state index contributed by atoms with van der Waals surface area (Å²) in [7, 11) is 1.44. The van der Waals surface area contributed by atoms with Gasteiger partial charge in [-0.2, -0.15) is 0 Å². The van der Waals surface area contributed by atoms with Gasteiger partial charge in [-0.3, -0.25) is 4.79 Å². The van der Waals surface area contributed by atoms with E-state index in [0.29, 0.717) is 36.2 Å². The van der Waals surface area contributed by atoms with E-state index in [-0.39, 0.29) is 24.2 Å². The molecule has 3 saturated carbocycles. The van der Waals surface area contributed by atoms with Crippen LogP contribution in [0.1, 0.15) is 6.92 Å². The van der Waals surface area contributed by atoms with E-state index < -0.39 is 5.41 Å². The van der Waals surface area contributed by atoms with Crippen molar-refractivity contribution in [2.75, 3.05) is 13.7 Å². The summed E-state index contributed by atoms with van der Waals surface area (Å²) in [4.78, 5) is 17.0. The van der Waals surface area contributed by atoms with Crippen LogP contribution in [0.4, 0.5) is 0 Å². The lowest BCUT2D eigenvalue weighted by molar-refractivity contribution is -0.239. The number of carbonyl (C=O) groups excluding carboxylic acids is 1. The van der Waals surface area contributed by atoms with Crippen molar-refractivity contribution in [2.45, 2.75) is 25.2 Å². The number of esters is 1. The molecular weight excluding hydrogens is 234 g/mol. The summed E-state index contributed by atoms with van der Waals surface area (Å²) >= 11 is 0. The summed E-state index contributed by atoms with van der Waals surface area (Å²) < 4.78 is 16.8. The van der Waals surface area contributed by atoms with Gasteiger partial charge in [-0.25, -0.2) is 4.99 Å². The Morgan fingerprint density at radius 3 is 3.00 bits per heavy atom. The molecule has 0 N–H and O–H groups in total. The largest absolute Gasteiger partial charge is 0.480 e. The first-order valence-electron chi connectivity index (χ1n) is 6.71. The van der Waals surface area contributed by atoms with Crippen molar-refractivity contribution in [1.82, 2.24) is 0 Å². The van der Waals surface area contributed by atoms with Crippen molar-refractivity contribution < 1.29 is 19.0 Å². The van der Waals surface area contributed by atoms with Crippen molar-refractivity contribution in [3.05, 3.63) is 0 Å². The number of rotatable bonds is 2. The molecule has 18 heavy (non-hydrogen) atoms. The Hall–Kier alpha value is -1.10. The van der Waals surface area contributed by atoms with Gasteiger partial charge in [-0.15, -0.1) is 0 Å². The molecule has 5 aliphatic rings. The van der Waals surface area contributed by atoms with E-state index >= 15 is 0 Å². The third-order valence-corrected chi connectivity index (χ3v) is 5.88. The smallest absolute Gasteiger partial charge is 0.324 e. The zero-order valence-corrected chi connectivity index (χ0v) is 10.3. The molecule has 0 spiro atoms. The summed E-state index contributed by atoms with van der Waals surface area (Å²) in [6.45, 7) is 2.46. The normalized spacial score (nSPS) is 59.9. The van der Waals surface area contributed by atoms with Crippen LogP contribution in [0.3, 0.4) is 0 Å². The van der Waals surface area contributed by atoms with Crippen molar-refractivity contribution >= 4 is 11.9 Å². The molecule has 4 fully saturated rings. The van der Waals surface area contributed by atoms with Crippen molar-refractivity contribution in [2.24, 2.45) is 34.1 Å². The Bertz CT molecular complexity index is 495. The number of hydrogen-bond acceptors (Lipinski definition) is 5. The standard InChI is InChI=1S/C13H15NO4/c1-3-17-11-13(12(15)16-2)7-5-4-6(7)10(13)18-9(4)8(5)14-11/h4-10H,3H2,1-2H3. The average Bonchev–Trinajstić information content (AvgIpc) is 2.54. The molecule has 2 heterocycles. The van der Waals surface area contributed by atoms with Gasteiger partial charge in [0.1, 0.15) is 0 Å². The lowest BCUT2D eigenvalue weighted by Crippen LogP contribution is -2.83. The molecule has 0 aromatic carbocycles. The topological polar surface area (TPSA) is 57.1 Å². The first kappa shape index (κ1) is 9.78. The maximum Gasteiger partial charge on any atom is 0.324 e. The highest BCUT2D eigenvalue weighted by Crippen LogP contribution is 2.82. The molecule has 0 amide bonds. The Morgan fingerprint density at radius 1 is 1.44 bits per heavy atom. The molecule has 0 aromatic heterocycles. The molecule has 0 aromatic rings. The zero-order valence-electron chi connectivity index (χ0n) is 10.3. The van der Waals surface area contributed by atoms with Crippen molar-refractivity contribution in [1.29, 1.82) is 0 Å². The lowest BCUT2D eigenvalue weighted by atomic mass is 9.29. The van der Waals surface area contributed by atoms with Gasteiger partial charge in [0.2, 0.25) is 5.90 Å². The molecule has 0 bridgehead atoms. The van der Waals surface area contributed by atoms with E-state index in [1.54, 1.807) is 0 Å². The van der Waals surface area contributed by atoms with Gasteiger partial charge in [0, 0.05) is 0 Å². The van der Waals surface area contributed by atoms with Gasteiger partial charge in [0.25, 0.3) is 0 Å². The van der Waals surface area contributed by atoms with Gasteiger partial charge in [-0.1, -0.05) is 0 Å². The second-order valence-corrected chi connectivity index (χ2v) is 6.00. The molecule has 8 unspecified atom stereocenters. The number of hydrogen-bond donors (Lipinski definition) is 0. The number of aliphatic imine (C=N–C) groups is 1. The van der Waals surface area contributed by atoms with Gasteiger partial charge < -0.3 is 14.2 Å². The Labute approximate surface area is 104 Å². The van der Waals surface area contributed by atoms with Crippen LogP contribution < -0.4 is 0 Å². The first-order valence-corrected chi connectivity index (χ1v) is 6.71. The molecular formula is C13H15NO4. The monoisotopic (exact) mass is 249 g/mol. The molecule has 1 saturated heterocycles. The van der Waals surface area contributed by atoms with Crippen LogP contribution in [0, 0.1) is 29.1 Å². The highest BCUT2D eigenvalue weighted by Gasteiger charge is 2.92. The summed E-state index contributed by atoms with van der Waals surface area (Å²) in [6.07, 6.45) is 0.199. The predicted molar refractivity (Wildman–Crippen MR) is 59.9 cm³/mol. The maximum atomic E-state index is 12.3. The summed E-state index contributed by atoms with van der Waals surface area (Å²) in [5.74, 6) is 2.50. The van der Waals surface area contributed by atoms with E-state index in [4.69, 9.17) is 14.2 Å². The van der Waals surface area contributed by atoms with E-state index in [9.17, 15) is 4.79 Å². The van der Waals surface area contributed by atoms with Crippen LogP contribution in [0.25, 0.3) is 0 Å². The zero-order chi connectivity index (χ0) is 12.2. The van der Waals surface area contributed by atoms with E-state index in [0.717, 1.165) is 0 Å². The quantitative estimate of drug-likeness (QED) is 0.658. The van der Waals surface area contributed by atoms with E-state index in [2.05, 4.69) is 4.99 Å². The fourth-order valence-corrected chi connectivity index (χ4v) is 5.40. The van der Waals surface area contributed by atoms with Crippen LogP contribution in [-0.2, 0) is 19.0 Å². The van der Waals surface area contributed by atoms with Crippen molar-refractivity contribution in [3.8, 4) is 0 Å². The Balaban J connectivity index is 1.69. The lowest BCUT2D eigenvalue weighted by Gasteiger charge is -2.73. The maximum absolute atomic E-state index is 12.3. The van der Waals surface area contributed by atoms with E-state index in [1.165, 1.54) is 7.11 Å². The molecule has 0 radical (unpaired) electrons. The number of nitrogens with zero attached hydrogens (tertiary/aromatic N) is 1. The van der Waals surface area contributed by atoms with Gasteiger partial charge >= 0.3 is 5.97 Å². The van der Waals surface area contributed by atoms with Gasteiger partial charge in [0.15, 0.2) is 5.41 Å². The van der Waals surface area contributed by atoms with Gasteiger partial charge in [-0.05, 0) is 30.6 Å². The number of fused-ring (bicyclic) bond motifs is 2. The number of ether oxygens (including phenoxy) is 3. The van der Waals surface area contributed by atoms with Crippen molar-refractivity contribution in [3.63, 3.8) is 0 Å². The molecule has 5 nitrogen and oxygen atoms in total. The molecule has 2 aliphatic heterocycles. The third-order valence-electron chi connectivity index (χ3n) is 5.88. The average molecular weight is 249 g/mol. The fraction of sp³-hybridized carbons (Fsp3) is 0.846. The van der Waals surface area contributed by atoms with Gasteiger partial charge in [0.05, 0.1) is 32.0 Å². The predicted octanol–water partition coefficient (Wildman–Crippen LogP) is 0.236. The highest BCUT2D eigenvalue weighted by molar-refractivity contribution is 6.07. The molecule has 96 valence electrons. The van der Waals surface area contributed by atoms with Crippen LogP contribution in [0.15, 0.2) is 4.99 Å². The van der Waals surface area contributed by atoms with Crippen LogP contribution in [0.5, 0.6) is 0 Å². The minimum absolute atomic E-state index is 0.0426. The minimum atomic E-state index is -0.710. The fourth-order valence-electron chi connectivity index (χ4n) is 5.40. The third kappa shape index (κ3) is 0.624. The first-order chi connectivity index (χ1) is 8.76. The summed E-state index contributed by atoms with van der Waals surface area (Å²) in [5, 5.41) is 0. The van der Waals surface area contributed by atoms with Crippen LogP contribution in [-0.4, -0.2) is 43.8 Å². The summed E-state index contributed by atoms with van der Waals surface area (Å²) in [6, 6.07) is 0.239. The Morgan fingerprint density at radius 2 is 2.28 bits per heavy atom. The van der Waals surface area contributed by atoms with Crippen LogP contribution >= 0.6 is 0 Å². The second-order valence-electron chi connectivity index (χ2n) is 6.00. The molecule has 5 heteroatoms. The minimum Gasteiger partial charge on any atom is -0.480 e.